The number of anilines is 3. The predicted molar refractivity (Wildman–Crippen MR) is 126 cm³/mol. The van der Waals surface area contributed by atoms with E-state index in [9.17, 15) is 9.18 Å². The topological polar surface area (TPSA) is 128 Å². The third-order valence-corrected chi connectivity index (χ3v) is 5.77. The molecule has 1 aromatic carbocycles. The number of amides is 1. The first kappa shape index (κ1) is 22.5. The van der Waals surface area contributed by atoms with Crippen LogP contribution in [0.25, 0.3) is 11.3 Å². The van der Waals surface area contributed by atoms with Crippen LogP contribution in [0.1, 0.15) is 36.0 Å². The van der Waals surface area contributed by atoms with Gasteiger partial charge < -0.3 is 26.8 Å². The van der Waals surface area contributed by atoms with Crippen molar-refractivity contribution in [2.24, 2.45) is 11.5 Å². The average Bonchev–Trinajstić information content (AvgIpc) is 2.82. The molecule has 9 heteroatoms. The monoisotopic (exact) mass is 450 g/mol. The van der Waals surface area contributed by atoms with E-state index < -0.39 is 11.7 Å². The largest absolute Gasteiger partial charge is 0.497 e. The number of nitrogens with one attached hydrogen (secondary N) is 2. The van der Waals surface area contributed by atoms with Crippen molar-refractivity contribution in [3.8, 4) is 17.0 Å². The molecule has 1 saturated carbocycles. The molecule has 0 bridgehead atoms. The highest BCUT2D eigenvalue weighted by Gasteiger charge is 2.24. The van der Waals surface area contributed by atoms with Crippen LogP contribution in [0.4, 0.5) is 21.7 Å². The Morgan fingerprint density at radius 3 is 2.73 bits per heavy atom. The molecular weight excluding hydrogens is 423 g/mol. The summed E-state index contributed by atoms with van der Waals surface area (Å²) in [5, 5.41) is 6.20. The second-order valence-corrected chi connectivity index (χ2v) is 8.07. The Bertz CT molecular complexity index is 1160. The molecule has 0 unspecified atom stereocenters. The molecule has 6 N–H and O–H groups in total. The molecule has 172 valence electrons. The van der Waals surface area contributed by atoms with Crippen LogP contribution in [0.15, 0.2) is 48.7 Å². The summed E-state index contributed by atoms with van der Waals surface area (Å²) in [5.41, 5.74) is 13.8. The number of halogens is 1. The van der Waals surface area contributed by atoms with Gasteiger partial charge in [0, 0.05) is 29.5 Å². The van der Waals surface area contributed by atoms with E-state index >= 15 is 0 Å². The van der Waals surface area contributed by atoms with Crippen LogP contribution in [-0.4, -0.2) is 35.1 Å². The SMILES string of the molecule is COc1cccc(-c2cc(Nc3nc(N[C@@H]4CCCC[C@@H]4N)c(F)cc3C(N)=O)ccn2)c1. The number of nitrogens with two attached hydrogens (primary N) is 2. The molecule has 1 fully saturated rings. The lowest BCUT2D eigenvalue weighted by Gasteiger charge is -2.30. The summed E-state index contributed by atoms with van der Waals surface area (Å²) in [5.74, 6) is -0.545. The van der Waals surface area contributed by atoms with E-state index in [1.165, 1.54) is 0 Å². The second-order valence-electron chi connectivity index (χ2n) is 8.07. The fraction of sp³-hybridized carbons (Fsp3) is 0.292. The number of nitrogens with zero attached hydrogens (tertiary/aromatic N) is 2. The van der Waals surface area contributed by atoms with Crippen molar-refractivity contribution in [1.29, 1.82) is 0 Å². The number of ether oxygens (including phenoxy) is 1. The molecule has 3 aromatic rings. The number of carbonyl (C=O) groups excluding carboxylic acids is 1. The third kappa shape index (κ3) is 5.20. The summed E-state index contributed by atoms with van der Waals surface area (Å²) in [6.45, 7) is 0. The Labute approximate surface area is 191 Å². The van der Waals surface area contributed by atoms with E-state index in [1.54, 1.807) is 25.4 Å². The lowest BCUT2D eigenvalue weighted by atomic mass is 9.91. The highest BCUT2D eigenvalue weighted by atomic mass is 19.1. The van der Waals surface area contributed by atoms with Gasteiger partial charge in [-0.3, -0.25) is 9.78 Å². The number of primary amides is 1. The summed E-state index contributed by atoms with van der Waals surface area (Å²) < 4.78 is 20.0. The number of rotatable bonds is 7. The standard InChI is InChI=1S/C24H27FN6O2/c1-33-16-6-4-5-14(11-16)21-12-15(9-10-28-21)29-23-17(22(27)32)13-18(25)24(31-23)30-20-8-3-2-7-19(20)26/h4-6,9-13,19-20H,2-3,7-8,26H2,1H3,(H2,27,32)(H2,28,29,30,31)/t19-,20+/m0/s1. The third-order valence-electron chi connectivity index (χ3n) is 5.77. The number of aromatic nitrogens is 2. The fourth-order valence-corrected chi connectivity index (χ4v) is 3.97. The van der Waals surface area contributed by atoms with Gasteiger partial charge in [0.05, 0.1) is 18.4 Å². The number of carbonyl (C=O) groups is 1. The molecule has 4 rings (SSSR count). The number of hydrogen-bond donors (Lipinski definition) is 4. The first-order valence-electron chi connectivity index (χ1n) is 10.8. The van der Waals surface area contributed by atoms with E-state index in [1.807, 2.05) is 24.3 Å². The van der Waals surface area contributed by atoms with Gasteiger partial charge in [-0.25, -0.2) is 9.37 Å². The number of methoxy groups -OCH3 is 1. The Morgan fingerprint density at radius 1 is 1.15 bits per heavy atom. The van der Waals surface area contributed by atoms with Gasteiger partial charge in [-0.2, -0.15) is 0 Å². The first-order valence-corrected chi connectivity index (χ1v) is 10.8. The zero-order valence-corrected chi connectivity index (χ0v) is 18.3. The van der Waals surface area contributed by atoms with E-state index in [-0.39, 0.29) is 29.3 Å². The summed E-state index contributed by atoms with van der Waals surface area (Å²) in [6.07, 6.45) is 5.40. The molecule has 0 radical (unpaired) electrons. The van der Waals surface area contributed by atoms with Crippen molar-refractivity contribution in [2.75, 3.05) is 17.7 Å². The summed E-state index contributed by atoms with van der Waals surface area (Å²) in [7, 11) is 1.60. The van der Waals surface area contributed by atoms with Crippen LogP contribution >= 0.6 is 0 Å². The summed E-state index contributed by atoms with van der Waals surface area (Å²) in [6, 6.07) is 11.9. The summed E-state index contributed by atoms with van der Waals surface area (Å²) in [4.78, 5) is 20.7. The van der Waals surface area contributed by atoms with E-state index in [0.717, 1.165) is 37.3 Å². The van der Waals surface area contributed by atoms with Gasteiger partial charge >= 0.3 is 0 Å². The lowest BCUT2D eigenvalue weighted by molar-refractivity contribution is 0.100. The molecule has 33 heavy (non-hydrogen) atoms. The highest BCUT2D eigenvalue weighted by molar-refractivity contribution is 5.98. The van der Waals surface area contributed by atoms with Crippen molar-refractivity contribution in [1.82, 2.24) is 9.97 Å². The first-order chi connectivity index (χ1) is 15.9. The molecule has 1 aliphatic rings. The van der Waals surface area contributed by atoms with Gasteiger partial charge in [0.2, 0.25) is 0 Å². The number of pyridine rings is 2. The zero-order valence-electron chi connectivity index (χ0n) is 18.3. The molecule has 0 saturated heterocycles. The molecule has 0 spiro atoms. The molecule has 1 amide bonds. The zero-order chi connectivity index (χ0) is 23.4. The molecule has 2 atom stereocenters. The van der Waals surface area contributed by atoms with E-state index in [2.05, 4.69) is 20.6 Å². The molecule has 2 aromatic heterocycles. The summed E-state index contributed by atoms with van der Waals surface area (Å²) >= 11 is 0. The molecule has 8 nitrogen and oxygen atoms in total. The van der Waals surface area contributed by atoms with Crippen LogP contribution in [0.3, 0.4) is 0 Å². The number of benzene rings is 1. The Balaban J connectivity index is 1.64. The van der Waals surface area contributed by atoms with Gasteiger partial charge in [0.1, 0.15) is 11.6 Å². The van der Waals surface area contributed by atoms with Gasteiger partial charge in [0.15, 0.2) is 11.6 Å². The number of hydrogen-bond acceptors (Lipinski definition) is 7. The Hall–Kier alpha value is -3.72. The predicted octanol–water partition coefficient (Wildman–Crippen LogP) is 3.82. The quantitative estimate of drug-likeness (QED) is 0.431. The minimum absolute atomic E-state index is 0.0342. The van der Waals surface area contributed by atoms with Crippen molar-refractivity contribution < 1.29 is 13.9 Å². The lowest BCUT2D eigenvalue weighted by Crippen LogP contribution is -2.43. The normalized spacial score (nSPS) is 17.9. The van der Waals surface area contributed by atoms with Gasteiger partial charge in [0.25, 0.3) is 5.91 Å². The molecule has 0 aliphatic heterocycles. The van der Waals surface area contributed by atoms with Crippen molar-refractivity contribution in [3.63, 3.8) is 0 Å². The molecular formula is C24H27FN6O2. The minimum atomic E-state index is -0.785. The van der Waals surface area contributed by atoms with Crippen LogP contribution in [0.2, 0.25) is 0 Å². The maximum absolute atomic E-state index is 14.7. The fourth-order valence-electron chi connectivity index (χ4n) is 3.97. The van der Waals surface area contributed by atoms with Crippen molar-refractivity contribution in [3.05, 3.63) is 60.0 Å². The van der Waals surface area contributed by atoms with E-state index in [0.29, 0.717) is 17.1 Å². The van der Waals surface area contributed by atoms with E-state index in [4.69, 9.17) is 16.2 Å². The molecule has 1 aliphatic carbocycles. The van der Waals surface area contributed by atoms with Gasteiger partial charge in [-0.1, -0.05) is 25.0 Å². The van der Waals surface area contributed by atoms with Crippen molar-refractivity contribution >= 4 is 23.2 Å². The van der Waals surface area contributed by atoms with Gasteiger partial charge in [-0.15, -0.1) is 0 Å². The second kappa shape index (κ2) is 9.83. The Kier molecular flexibility index (Phi) is 6.69. The van der Waals surface area contributed by atoms with Crippen LogP contribution in [0, 0.1) is 5.82 Å². The average molecular weight is 451 g/mol. The van der Waals surface area contributed by atoms with Crippen LogP contribution in [0.5, 0.6) is 5.75 Å². The van der Waals surface area contributed by atoms with Gasteiger partial charge in [-0.05, 0) is 43.2 Å². The maximum atomic E-state index is 14.7. The Morgan fingerprint density at radius 2 is 1.97 bits per heavy atom. The smallest absolute Gasteiger partial charge is 0.252 e. The maximum Gasteiger partial charge on any atom is 0.252 e. The van der Waals surface area contributed by atoms with Crippen molar-refractivity contribution in [2.45, 2.75) is 37.8 Å². The highest BCUT2D eigenvalue weighted by Crippen LogP contribution is 2.29. The van der Waals surface area contributed by atoms with Crippen LogP contribution in [-0.2, 0) is 0 Å². The minimum Gasteiger partial charge on any atom is -0.497 e. The molecule has 2 heterocycles. The van der Waals surface area contributed by atoms with Crippen LogP contribution < -0.4 is 26.8 Å².